The van der Waals surface area contributed by atoms with Crippen molar-refractivity contribution in [3.05, 3.63) is 29.6 Å². The van der Waals surface area contributed by atoms with Crippen LogP contribution >= 0.6 is 0 Å². The van der Waals surface area contributed by atoms with Crippen LogP contribution in [-0.4, -0.2) is 23.0 Å². The van der Waals surface area contributed by atoms with Crippen molar-refractivity contribution >= 4 is 5.91 Å². The van der Waals surface area contributed by atoms with Gasteiger partial charge in [-0.25, -0.2) is 0 Å². The standard InChI is InChI=1S/C19H29N3O/c1-12(2)18(19-13(3)5-4-8-20-19)22-17(23)11-14-9-15-6-7-16(10-14)21-15/h4-5,8,12,14-16,18,21H,6-7,9-11H2,1-3H3,(H,22,23). The third-order valence-electron chi connectivity index (χ3n) is 5.37. The number of aromatic nitrogens is 1. The van der Waals surface area contributed by atoms with Gasteiger partial charge in [-0.3, -0.25) is 9.78 Å². The molecule has 1 aromatic heterocycles. The van der Waals surface area contributed by atoms with Crippen LogP contribution in [0, 0.1) is 18.8 Å². The summed E-state index contributed by atoms with van der Waals surface area (Å²) in [6, 6.07) is 5.30. The zero-order chi connectivity index (χ0) is 16.4. The second-order valence-corrected chi connectivity index (χ2v) is 7.67. The Morgan fingerprint density at radius 2 is 2.04 bits per heavy atom. The number of amides is 1. The number of piperidine rings is 1. The molecule has 0 aromatic carbocycles. The Bertz CT molecular complexity index is 545. The molecule has 1 amide bonds. The monoisotopic (exact) mass is 315 g/mol. The first-order chi connectivity index (χ1) is 11.0. The van der Waals surface area contributed by atoms with Crippen LogP contribution in [-0.2, 0) is 4.79 Å². The Labute approximate surface area is 139 Å². The van der Waals surface area contributed by atoms with Gasteiger partial charge in [-0.2, -0.15) is 0 Å². The van der Waals surface area contributed by atoms with Crippen molar-refractivity contribution in [3.8, 4) is 0 Å². The molecule has 1 aromatic rings. The molecule has 3 unspecified atom stereocenters. The van der Waals surface area contributed by atoms with Gasteiger partial charge < -0.3 is 10.6 Å². The summed E-state index contributed by atoms with van der Waals surface area (Å²) in [7, 11) is 0. The first-order valence-electron chi connectivity index (χ1n) is 9.00. The van der Waals surface area contributed by atoms with Crippen LogP contribution in [0.15, 0.2) is 18.3 Å². The maximum atomic E-state index is 12.6. The van der Waals surface area contributed by atoms with Gasteiger partial charge in [0.2, 0.25) is 5.91 Å². The van der Waals surface area contributed by atoms with Gasteiger partial charge in [0.25, 0.3) is 0 Å². The van der Waals surface area contributed by atoms with E-state index in [1.54, 1.807) is 0 Å². The summed E-state index contributed by atoms with van der Waals surface area (Å²) in [6.07, 6.45) is 7.34. The number of rotatable bonds is 5. The molecule has 0 saturated carbocycles. The van der Waals surface area contributed by atoms with Crippen LogP contribution in [0.2, 0.25) is 0 Å². The maximum Gasteiger partial charge on any atom is 0.220 e. The lowest BCUT2D eigenvalue weighted by Gasteiger charge is -2.30. The van der Waals surface area contributed by atoms with Crippen LogP contribution < -0.4 is 10.6 Å². The van der Waals surface area contributed by atoms with Crippen LogP contribution in [0.4, 0.5) is 0 Å². The van der Waals surface area contributed by atoms with Crippen LogP contribution in [0.5, 0.6) is 0 Å². The number of nitrogens with one attached hydrogen (secondary N) is 2. The number of nitrogens with zero attached hydrogens (tertiary/aromatic N) is 1. The van der Waals surface area contributed by atoms with Crippen LogP contribution in [0.1, 0.15) is 63.3 Å². The van der Waals surface area contributed by atoms with Gasteiger partial charge in [-0.05, 0) is 56.1 Å². The van der Waals surface area contributed by atoms with E-state index in [2.05, 4.69) is 42.5 Å². The topological polar surface area (TPSA) is 54.0 Å². The Kier molecular flexibility index (Phi) is 5.00. The number of hydrogen-bond acceptors (Lipinski definition) is 3. The van der Waals surface area contributed by atoms with Crippen LogP contribution in [0.3, 0.4) is 0 Å². The quantitative estimate of drug-likeness (QED) is 0.878. The van der Waals surface area contributed by atoms with Crippen molar-refractivity contribution in [1.29, 1.82) is 0 Å². The van der Waals surface area contributed by atoms with Crippen molar-refractivity contribution in [2.24, 2.45) is 11.8 Å². The molecule has 126 valence electrons. The van der Waals surface area contributed by atoms with E-state index in [1.807, 2.05) is 12.3 Å². The second-order valence-electron chi connectivity index (χ2n) is 7.67. The molecule has 0 aliphatic carbocycles. The predicted octanol–water partition coefficient (Wildman–Crippen LogP) is 3.12. The lowest BCUT2D eigenvalue weighted by atomic mass is 9.89. The summed E-state index contributed by atoms with van der Waals surface area (Å²) in [5, 5.41) is 6.89. The molecule has 0 radical (unpaired) electrons. The first kappa shape index (κ1) is 16.4. The van der Waals surface area contributed by atoms with Gasteiger partial charge in [0.1, 0.15) is 0 Å². The van der Waals surface area contributed by atoms with Crippen molar-refractivity contribution in [2.45, 2.75) is 71.0 Å². The third-order valence-corrected chi connectivity index (χ3v) is 5.37. The molecule has 2 N–H and O–H groups in total. The fourth-order valence-electron chi connectivity index (χ4n) is 4.21. The van der Waals surface area contributed by atoms with E-state index in [4.69, 9.17) is 0 Å². The molecule has 0 spiro atoms. The van der Waals surface area contributed by atoms with Gasteiger partial charge in [-0.1, -0.05) is 19.9 Å². The van der Waals surface area contributed by atoms with Gasteiger partial charge in [0.05, 0.1) is 11.7 Å². The largest absolute Gasteiger partial charge is 0.347 e. The molecular weight excluding hydrogens is 286 g/mol. The molecule has 4 nitrogen and oxygen atoms in total. The lowest BCUT2D eigenvalue weighted by Crippen LogP contribution is -2.40. The van der Waals surface area contributed by atoms with Gasteiger partial charge in [0, 0.05) is 24.7 Å². The van der Waals surface area contributed by atoms with Crippen molar-refractivity contribution < 1.29 is 4.79 Å². The van der Waals surface area contributed by atoms with Crippen LogP contribution in [0.25, 0.3) is 0 Å². The first-order valence-corrected chi connectivity index (χ1v) is 9.00. The highest BCUT2D eigenvalue weighted by molar-refractivity contribution is 5.76. The normalized spacial score (nSPS) is 27.9. The van der Waals surface area contributed by atoms with E-state index in [9.17, 15) is 4.79 Å². The molecule has 2 fully saturated rings. The second kappa shape index (κ2) is 7.00. The average Bonchev–Trinajstić information content (AvgIpc) is 2.84. The van der Waals surface area contributed by atoms with Gasteiger partial charge in [0.15, 0.2) is 0 Å². The lowest BCUT2D eigenvalue weighted by molar-refractivity contribution is -0.123. The predicted molar refractivity (Wildman–Crippen MR) is 92.0 cm³/mol. The summed E-state index contributed by atoms with van der Waals surface area (Å²) >= 11 is 0. The Balaban J connectivity index is 1.62. The molecule has 4 heteroatoms. The highest BCUT2D eigenvalue weighted by Crippen LogP contribution is 2.33. The number of pyridine rings is 1. The Hall–Kier alpha value is -1.42. The van der Waals surface area contributed by atoms with E-state index >= 15 is 0 Å². The molecular formula is C19H29N3O. The van der Waals surface area contributed by atoms with Crippen molar-refractivity contribution in [3.63, 3.8) is 0 Å². The zero-order valence-corrected chi connectivity index (χ0v) is 14.5. The Morgan fingerprint density at radius 1 is 1.35 bits per heavy atom. The van der Waals surface area contributed by atoms with Gasteiger partial charge >= 0.3 is 0 Å². The fraction of sp³-hybridized carbons (Fsp3) is 0.684. The number of aryl methyl sites for hydroxylation is 1. The minimum absolute atomic E-state index is 0.00198. The number of fused-ring (bicyclic) bond motifs is 2. The van der Waals surface area contributed by atoms with E-state index in [1.165, 1.54) is 12.8 Å². The molecule has 3 rings (SSSR count). The Morgan fingerprint density at radius 3 is 2.65 bits per heavy atom. The molecule has 2 bridgehead atoms. The highest BCUT2D eigenvalue weighted by Gasteiger charge is 2.34. The van der Waals surface area contributed by atoms with Gasteiger partial charge in [-0.15, -0.1) is 0 Å². The van der Waals surface area contributed by atoms with E-state index in [0.717, 1.165) is 24.1 Å². The minimum atomic E-state index is 0.00198. The summed E-state index contributed by atoms with van der Waals surface area (Å²) in [5.41, 5.74) is 2.15. The molecule has 23 heavy (non-hydrogen) atoms. The van der Waals surface area contributed by atoms with Crippen molar-refractivity contribution in [1.82, 2.24) is 15.6 Å². The summed E-state index contributed by atoms with van der Waals surface area (Å²) in [6.45, 7) is 6.35. The molecule has 2 aliphatic rings. The molecule has 2 saturated heterocycles. The number of carbonyl (C=O) groups is 1. The molecule has 2 aliphatic heterocycles. The number of hydrogen-bond donors (Lipinski definition) is 2. The SMILES string of the molecule is Cc1cccnc1C(NC(=O)CC1CC2CCC(C1)N2)C(C)C. The van der Waals surface area contributed by atoms with E-state index in [0.29, 0.717) is 30.3 Å². The van der Waals surface area contributed by atoms with E-state index in [-0.39, 0.29) is 11.9 Å². The maximum absolute atomic E-state index is 12.6. The summed E-state index contributed by atoms with van der Waals surface area (Å²) < 4.78 is 0. The average molecular weight is 315 g/mol. The third kappa shape index (κ3) is 3.92. The summed E-state index contributed by atoms with van der Waals surface area (Å²) in [5.74, 6) is 1.04. The zero-order valence-electron chi connectivity index (χ0n) is 14.5. The fourth-order valence-corrected chi connectivity index (χ4v) is 4.21. The summed E-state index contributed by atoms with van der Waals surface area (Å²) in [4.78, 5) is 17.1. The van der Waals surface area contributed by atoms with E-state index < -0.39 is 0 Å². The molecule has 3 atom stereocenters. The minimum Gasteiger partial charge on any atom is -0.347 e. The molecule has 3 heterocycles. The number of carbonyl (C=O) groups excluding carboxylic acids is 1. The highest BCUT2D eigenvalue weighted by atomic mass is 16.1. The van der Waals surface area contributed by atoms with Crippen molar-refractivity contribution in [2.75, 3.05) is 0 Å². The smallest absolute Gasteiger partial charge is 0.220 e.